The summed E-state index contributed by atoms with van der Waals surface area (Å²) in [7, 11) is 0. The Morgan fingerprint density at radius 2 is 2.06 bits per heavy atom. The average molecular weight is 436 g/mol. The largest absolute Gasteiger partial charge is 0.369 e. The minimum atomic E-state index is -0.605. The second kappa shape index (κ2) is 7.86. The molecule has 5 heteroatoms. The van der Waals surface area contributed by atoms with Gasteiger partial charge in [0.1, 0.15) is 0 Å². The Bertz CT molecular complexity index is 956. The van der Waals surface area contributed by atoms with Crippen LogP contribution < -0.4 is 5.73 Å². The van der Waals surface area contributed by atoms with E-state index in [0.29, 0.717) is 11.8 Å². The summed E-state index contributed by atoms with van der Waals surface area (Å²) < 4.78 is 0. The first-order chi connectivity index (χ1) is 14.9. The number of hydrogen-bond donors (Lipinski definition) is 1. The van der Waals surface area contributed by atoms with Gasteiger partial charge in [-0.1, -0.05) is 50.2 Å². The van der Waals surface area contributed by atoms with Crippen LogP contribution in [-0.4, -0.2) is 35.1 Å². The first-order valence-electron chi connectivity index (χ1n) is 11.6. The Labute approximate surface area is 189 Å². The van der Waals surface area contributed by atoms with Gasteiger partial charge < -0.3 is 5.73 Å². The number of rotatable bonds is 7. The Kier molecular flexibility index (Phi) is 5.30. The molecule has 4 heterocycles. The first-order valence-corrected chi connectivity index (χ1v) is 12.5. The van der Waals surface area contributed by atoms with Crippen molar-refractivity contribution in [2.24, 2.45) is 33.9 Å². The summed E-state index contributed by atoms with van der Waals surface area (Å²) >= 11 is 1.83. The number of aliphatic imine (C=N–C) groups is 1. The van der Waals surface area contributed by atoms with Gasteiger partial charge in [-0.15, -0.1) is 11.3 Å². The molecular formula is C26H33N3OS. The molecular weight excluding hydrogens is 402 g/mol. The lowest BCUT2D eigenvalue weighted by atomic mass is 9.47. The van der Waals surface area contributed by atoms with Gasteiger partial charge in [0.25, 0.3) is 0 Å². The van der Waals surface area contributed by atoms with Gasteiger partial charge in [-0.3, -0.25) is 14.7 Å². The van der Waals surface area contributed by atoms with Gasteiger partial charge >= 0.3 is 0 Å². The number of carbonyl (C=O) groups is 1. The lowest BCUT2D eigenvalue weighted by molar-refractivity contribution is -0.147. The van der Waals surface area contributed by atoms with E-state index in [2.05, 4.69) is 66.6 Å². The van der Waals surface area contributed by atoms with Crippen LogP contribution >= 0.6 is 11.3 Å². The fraction of sp³-hybridized carbons (Fsp3) is 0.538. The van der Waals surface area contributed by atoms with Crippen LogP contribution in [0.4, 0.5) is 0 Å². The van der Waals surface area contributed by atoms with Crippen molar-refractivity contribution in [2.75, 3.05) is 6.54 Å². The summed E-state index contributed by atoms with van der Waals surface area (Å²) in [6.07, 6.45) is 5.91. The number of thiophene rings is 1. The highest BCUT2D eigenvalue weighted by molar-refractivity contribution is 7.09. The van der Waals surface area contributed by atoms with Crippen LogP contribution in [-0.2, 0) is 17.8 Å². The molecule has 2 N–H and O–H groups in total. The van der Waals surface area contributed by atoms with Crippen molar-refractivity contribution >= 4 is 23.5 Å². The van der Waals surface area contributed by atoms with E-state index >= 15 is 0 Å². The molecule has 1 aromatic carbocycles. The Morgan fingerprint density at radius 3 is 2.74 bits per heavy atom. The number of primary amides is 1. The zero-order valence-corrected chi connectivity index (χ0v) is 19.4. The van der Waals surface area contributed by atoms with E-state index in [1.807, 2.05) is 17.6 Å². The highest BCUT2D eigenvalue weighted by Crippen LogP contribution is 2.60. The van der Waals surface area contributed by atoms with Crippen molar-refractivity contribution in [3.63, 3.8) is 0 Å². The molecule has 1 saturated carbocycles. The third-order valence-electron chi connectivity index (χ3n) is 7.99. The second-order valence-electron chi connectivity index (χ2n) is 10.2. The molecule has 0 radical (unpaired) electrons. The molecule has 4 aliphatic rings. The molecule has 1 saturated heterocycles. The molecule has 1 aliphatic carbocycles. The molecule has 4 bridgehead atoms. The van der Waals surface area contributed by atoms with E-state index in [-0.39, 0.29) is 23.4 Å². The van der Waals surface area contributed by atoms with Crippen LogP contribution in [0.15, 0.2) is 52.8 Å². The van der Waals surface area contributed by atoms with Gasteiger partial charge in [-0.05, 0) is 60.6 Å². The van der Waals surface area contributed by atoms with E-state index < -0.39 is 5.41 Å². The van der Waals surface area contributed by atoms with E-state index in [4.69, 9.17) is 10.7 Å². The average Bonchev–Trinajstić information content (AvgIpc) is 3.25. The number of nitrogens with zero attached hydrogens (tertiary/aromatic N) is 2. The van der Waals surface area contributed by atoms with E-state index in [1.165, 1.54) is 10.4 Å². The van der Waals surface area contributed by atoms with Crippen LogP contribution in [0.1, 0.15) is 43.6 Å². The molecule has 2 fully saturated rings. The predicted octanol–water partition coefficient (Wildman–Crippen LogP) is 4.54. The van der Waals surface area contributed by atoms with Crippen molar-refractivity contribution in [1.29, 1.82) is 0 Å². The molecule has 1 aromatic heterocycles. The standard InChI is InChI=1S/C26H33N3OS/c1-18(2)13-22-23-26(15-21-9-6-12-31-21)20(14-25(22,17-28-26)24(27)30)10-11-29(23)16-19-7-4-3-5-8-19/h3-9,12,17-18,20,22-23H,10-11,13-16H2,1-2H3,(H2,27,30)/t20-,22+,23+,25+,26+/m1/s1. The predicted molar refractivity (Wildman–Crippen MR) is 127 cm³/mol. The minimum Gasteiger partial charge on any atom is -0.369 e. The fourth-order valence-electron chi connectivity index (χ4n) is 6.73. The molecule has 0 spiro atoms. The first kappa shape index (κ1) is 20.9. The Morgan fingerprint density at radius 1 is 1.26 bits per heavy atom. The molecule has 1 amide bonds. The number of carbonyl (C=O) groups excluding carboxylic acids is 1. The minimum absolute atomic E-state index is 0.158. The molecule has 3 aliphatic heterocycles. The van der Waals surface area contributed by atoms with Crippen LogP contribution in [0.25, 0.3) is 0 Å². The van der Waals surface area contributed by atoms with Crippen molar-refractivity contribution in [2.45, 2.75) is 57.7 Å². The van der Waals surface area contributed by atoms with Crippen molar-refractivity contribution in [3.8, 4) is 0 Å². The maximum absolute atomic E-state index is 13.0. The van der Waals surface area contributed by atoms with Gasteiger partial charge in [-0.2, -0.15) is 0 Å². The van der Waals surface area contributed by atoms with E-state index in [1.54, 1.807) is 0 Å². The number of nitrogens with two attached hydrogens (primary N) is 1. The van der Waals surface area contributed by atoms with Gasteiger partial charge in [0.2, 0.25) is 5.91 Å². The lowest BCUT2D eigenvalue weighted by Crippen LogP contribution is -2.75. The summed E-state index contributed by atoms with van der Waals surface area (Å²) in [5.41, 5.74) is 6.70. The number of piperidine rings is 1. The number of hydrogen-bond acceptors (Lipinski definition) is 4. The SMILES string of the molecule is CC(C)C[C@H]1[C@@H]2N(Cc3ccccc3)CC[C@@H]3C[C@]1(C(N)=O)C=N[C@@]32Cc1cccs1. The summed E-state index contributed by atoms with van der Waals surface area (Å²) in [4.78, 5) is 22.3. The third kappa shape index (κ3) is 3.37. The normalized spacial score (nSPS) is 34.4. The van der Waals surface area contributed by atoms with Gasteiger partial charge in [0.15, 0.2) is 0 Å². The summed E-state index contributed by atoms with van der Waals surface area (Å²) in [6.45, 7) is 6.50. The van der Waals surface area contributed by atoms with Gasteiger partial charge in [0.05, 0.1) is 11.0 Å². The van der Waals surface area contributed by atoms with Crippen molar-refractivity contribution < 1.29 is 4.79 Å². The highest BCUT2D eigenvalue weighted by Gasteiger charge is 2.67. The highest BCUT2D eigenvalue weighted by atomic mass is 32.1. The zero-order chi connectivity index (χ0) is 21.6. The van der Waals surface area contributed by atoms with Crippen LogP contribution in [0.3, 0.4) is 0 Å². The zero-order valence-electron chi connectivity index (χ0n) is 18.5. The quantitative estimate of drug-likeness (QED) is 0.694. The van der Waals surface area contributed by atoms with Crippen molar-refractivity contribution in [1.82, 2.24) is 4.90 Å². The van der Waals surface area contributed by atoms with Crippen LogP contribution in [0.5, 0.6) is 0 Å². The topological polar surface area (TPSA) is 58.7 Å². The molecule has 31 heavy (non-hydrogen) atoms. The molecule has 0 unspecified atom stereocenters. The molecule has 4 nitrogen and oxygen atoms in total. The second-order valence-corrected chi connectivity index (χ2v) is 11.3. The van der Waals surface area contributed by atoms with Gasteiger partial charge in [-0.25, -0.2) is 0 Å². The Balaban J connectivity index is 1.62. The number of amides is 1. The molecule has 5 atom stereocenters. The van der Waals surface area contributed by atoms with E-state index in [0.717, 1.165) is 38.8 Å². The smallest absolute Gasteiger partial charge is 0.229 e. The Hall–Kier alpha value is -1.98. The monoisotopic (exact) mass is 435 g/mol. The third-order valence-corrected chi connectivity index (χ3v) is 8.87. The molecule has 2 aromatic rings. The fourth-order valence-corrected chi connectivity index (χ4v) is 7.54. The number of likely N-dealkylation sites (tertiary alicyclic amines) is 1. The van der Waals surface area contributed by atoms with Crippen LogP contribution in [0.2, 0.25) is 0 Å². The van der Waals surface area contributed by atoms with Crippen LogP contribution in [0, 0.1) is 23.2 Å². The lowest BCUT2D eigenvalue weighted by Gasteiger charge is -2.66. The summed E-state index contributed by atoms with van der Waals surface area (Å²) in [5.74, 6) is 0.949. The summed E-state index contributed by atoms with van der Waals surface area (Å²) in [5, 5.41) is 2.16. The van der Waals surface area contributed by atoms with E-state index in [9.17, 15) is 4.79 Å². The maximum atomic E-state index is 13.0. The number of benzene rings is 1. The molecule has 6 rings (SSSR count). The summed E-state index contributed by atoms with van der Waals surface area (Å²) in [6, 6.07) is 15.4. The van der Waals surface area contributed by atoms with Gasteiger partial charge in [0, 0.05) is 30.1 Å². The molecule has 164 valence electrons. The maximum Gasteiger partial charge on any atom is 0.229 e. The van der Waals surface area contributed by atoms with Crippen molar-refractivity contribution in [3.05, 3.63) is 58.3 Å².